The third-order valence-corrected chi connectivity index (χ3v) is 3.70. The molecule has 1 saturated heterocycles. The van der Waals surface area contributed by atoms with Crippen molar-refractivity contribution in [3.63, 3.8) is 0 Å². The number of carbonyl (C=O) groups excluding carboxylic acids is 1. The Bertz CT molecular complexity index is 428. The summed E-state index contributed by atoms with van der Waals surface area (Å²) in [5.74, 6) is 0.495. The van der Waals surface area contributed by atoms with Gasteiger partial charge in [-0.05, 0) is 50.0 Å². The third kappa shape index (κ3) is 4.03. The predicted octanol–water partition coefficient (Wildman–Crippen LogP) is 1.83. The summed E-state index contributed by atoms with van der Waals surface area (Å²) >= 11 is 0. The lowest BCUT2D eigenvalue weighted by Crippen LogP contribution is -2.41. The molecule has 1 aromatic carbocycles. The molecule has 3 nitrogen and oxygen atoms in total. The van der Waals surface area contributed by atoms with Crippen molar-refractivity contribution in [2.75, 3.05) is 26.7 Å². The number of nitrogens with zero attached hydrogens (tertiary/aromatic N) is 1. The number of amides is 1. The molecule has 0 aliphatic carbocycles. The molecule has 1 heterocycles. The molecule has 2 rings (SSSR count). The van der Waals surface area contributed by atoms with Crippen molar-refractivity contribution >= 4 is 5.91 Å². The summed E-state index contributed by atoms with van der Waals surface area (Å²) in [4.78, 5) is 14.0. The summed E-state index contributed by atoms with van der Waals surface area (Å²) in [6.07, 6.45) is 2.40. The van der Waals surface area contributed by atoms with Crippen molar-refractivity contribution in [1.82, 2.24) is 10.2 Å². The predicted molar refractivity (Wildman–Crippen MR) is 73.3 cm³/mol. The minimum absolute atomic E-state index is 0.105. The maximum Gasteiger partial charge on any atom is 0.226 e. The van der Waals surface area contributed by atoms with E-state index >= 15 is 0 Å². The van der Waals surface area contributed by atoms with Crippen LogP contribution in [0.2, 0.25) is 0 Å². The van der Waals surface area contributed by atoms with Crippen LogP contribution in [-0.2, 0) is 11.2 Å². The zero-order valence-corrected chi connectivity index (χ0v) is 11.4. The molecule has 1 aliphatic heterocycles. The maximum absolute atomic E-state index is 13.1. The second kappa shape index (κ2) is 6.66. The number of likely N-dealkylation sites (tertiary alicyclic amines) is 1. The standard InChI is InChI=1S/C15H21FN2O/c1-17-11-12-5-7-18(8-6-12)15(19)10-13-3-2-4-14(16)9-13/h2-4,9,12,17H,5-8,10-11H2,1H3. The molecule has 1 fully saturated rings. The number of hydrogen-bond donors (Lipinski definition) is 1. The molecule has 104 valence electrons. The zero-order chi connectivity index (χ0) is 13.7. The summed E-state index contributed by atoms with van der Waals surface area (Å²) < 4.78 is 13.1. The minimum Gasteiger partial charge on any atom is -0.342 e. The van der Waals surface area contributed by atoms with Crippen LogP contribution in [0, 0.1) is 11.7 Å². The molecule has 1 aliphatic rings. The Morgan fingerprint density at radius 1 is 1.42 bits per heavy atom. The Morgan fingerprint density at radius 2 is 2.16 bits per heavy atom. The van der Waals surface area contributed by atoms with E-state index in [1.807, 2.05) is 11.9 Å². The molecule has 0 aromatic heterocycles. The molecular weight excluding hydrogens is 243 g/mol. The first kappa shape index (κ1) is 14.0. The molecule has 4 heteroatoms. The second-order valence-corrected chi connectivity index (χ2v) is 5.19. The zero-order valence-electron chi connectivity index (χ0n) is 11.4. The molecule has 0 radical (unpaired) electrons. The smallest absolute Gasteiger partial charge is 0.226 e. The van der Waals surface area contributed by atoms with Gasteiger partial charge in [0, 0.05) is 13.1 Å². The highest BCUT2D eigenvalue weighted by Crippen LogP contribution is 2.17. The van der Waals surface area contributed by atoms with Crippen molar-refractivity contribution in [2.24, 2.45) is 5.92 Å². The van der Waals surface area contributed by atoms with Gasteiger partial charge in [0.25, 0.3) is 0 Å². The fraction of sp³-hybridized carbons (Fsp3) is 0.533. The lowest BCUT2D eigenvalue weighted by atomic mass is 9.96. The van der Waals surface area contributed by atoms with E-state index in [2.05, 4.69) is 5.32 Å². The normalized spacial score (nSPS) is 16.6. The largest absolute Gasteiger partial charge is 0.342 e. The fourth-order valence-corrected chi connectivity index (χ4v) is 2.61. The number of benzene rings is 1. The lowest BCUT2D eigenvalue weighted by molar-refractivity contribution is -0.131. The SMILES string of the molecule is CNCC1CCN(C(=O)Cc2cccc(F)c2)CC1. The Kier molecular flexibility index (Phi) is 4.91. The van der Waals surface area contributed by atoms with Gasteiger partial charge >= 0.3 is 0 Å². The first-order valence-corrected chi connectivity index (χ1v) is 6.86. The van der Waals surface area contributed by atoms with Gasteiger partial charge in [-0.15, -0.1) is 0 Å². The maximum atomic E-state index is 13.1. The Hall–Kier alpha value is -1.42. The number of rotatable bonds is 4. The van der Waals surface area contributed by atoms with Crippen LogP contribution >= 0.6 is 0 Å². The van der Waals surface area contributed by atoms with Crippen LogP contribution in [0.4, 0.5) is 4.39 Å². The van der Waals surface area contributed by atoms with E-state index in [1.165, 1.54) is 12.1 Å². The van der Waals surface area contributed by atoms with E-state index < -0.39 is 0 Å². The molecule has 0 atom stereocenters. The highest BCUT2D eigenvalue weighted by molar-refractivity contribution is 5.78. The summed E-state index contributed by atoms with van der Waals surface area (Å²) in [7, 11) is 1.96. The van der Waals surface area contributed by atoms with E-state index in [0.29, 0.717) is 12.3 Å². The van der Waals surface area contributed by atoms with Crippen molar-refractivity contribution in [2.45, 2.75) is 19.3 Å². The van der Waals surface area contributed by atoms with Gasteiger partial charge in [-0.3, -0.25) is 4.79 Å². The summed E-state index contributed by atoms with van der Waals surface area (Å²) in [6.45, 7) is 2.66. The molecule has 19 heavy (non-hydrogen) atoms. The van der Waals surface area contributed by atoms with Gasteiger partial charge in [0.1, 0.15) is 5.82 Å². The minimum atomic E-state index is -0.280. The molecule has 1 N–H and O–H groups in total. The Balaban J connectivity index is 1.84. The van der Waals surface area contributed by atoms with Crippen LogP contribution in [0.3, 0.4) is 0 Å². The van der Waals surface area contributed by atoms with Gasteiger partial charge in [0.15, 0.2) is 0 Å². The number of piperidine rings is 1. The van der Waals surface area contributed by atoms with Crippen LogP contribution in [0.1, 0.15) is 18.4 Å². The highest BCUT2D eigenvalue weighted by atomic mass is 19.1. The Morgan fingerprint density at radius 3 is 2.79 bits per heavy atom. The average Bonchev–Trinajstić information content (AvgIpc) is 2.40. The number of hydrogen-bond acceptors (Lipinski definition) is 2. The van der Waals surface area contributed by atoms with Crippen molar-refractivity contribution in [3.8, 4) is 0 Å². The van der Waals surface area contributed by atoms with E-state index in [4.69, 9.17) is 0 Å². The van der Waals surface area contributed by atoms with Gasteiger partial charge in [-0.25, -0.2) is 4.39 Å². The summed E-state index contributed by atoms with van der Waals surface area (Å²) in [5, 5.41) is 3.18. The van der Waals surface area contributed by atoms with Crippen molar-refractivity contribution < 1.29 is 9.18 Å². The topological polar surface area (TPSA) is 32.3 Å². The molecule has 0 spiro atoms. The number of halogens is 1. The van der Waals surface area contributed by atoms with Crippen LogP contribution in [0.5, 0.6) is 0 Å². The molecular formula is C15H21FN2O. The average molecular weight is 264 g/mol. The van der Waals surface area contributed by atoms with Crippen LogP contribution in [0.15, 0.2) is 24.3 Å². The molecule has 0 bridgehead atoms. The van der Waals surface area contributed by atoms with Gasteiger partial charge in [0.2, 0.25) is 5.91 Å². The molecule has 1 aromatic rings. The van der Waals surface area contributed by atoms with Crippen LogP contribution in [0.25, 0.3) is 0 Å². The second-order valence-electron chi connectivity index (χ2n) is 5.19. The number of nitrogens with one attached hydrogen (secondary N) is 1. The highest BCUT2D eigenvalue weighted by Gasteiger charge is 2.22. The van der Waals surface area contributed by atoms with Gasteiger partial charge in [-0.1, -0.05) is 12.1 Å². The van der Waals surface area contributed by atoms with Gasteiger partial charge in [0.05, 0.1) is 6.42 Å². The first-order chi connectivity index (χ1) is 9.19. The van der Waals surface area contributed by atoms with Crippen molar-refractivity contribution in [3.05, 3.63) is 35.6 Å². The van der Waals surface area contributed by atoms with E-state index in [0.717, 1.165) is 38.0 Å². The monoisotopic (exact) mass is 264 g/mol. The Labute approximate surface area is 113 Å². The molecule has 0 unspecified atom stereocenters. The fourth-order valence-electron chi connectivity index (χ4n) is 2.61. The third-order valence-electron chi connectivity index (χ3n) is 3.70. The van der Waals surface area contributed by atoms with Gasteiger partial charge < -0.3 is 10.2 Å². The first-order valence-electron chi connectivity index (χ1n) is 6.86. The summed E-state index contributed by atoms with van der Waals surface area (Å²) in [5.41, 5.74) is 0.752. The van der Waals surface area contributed by atoms with E-state index in [9.17, 15) is 9.18 Å². The van der Waals surface area contributed by atoms with Gasteiger partial charge in [-0.2, -0.15) is 0 Å². The molecule has 1 amide bonds. The number of carbonyl (C=O) groups is 1. The lowest BCUT2D eigenvalue weighted by Gasteiger charge is -2.32. The van der Waals surface area contributed by atoms with Crippen LogP contribution < -0.4 is 5.32 Å². The van der Waals surface area contributed by atoms with Crippen LogP contribution in [-0.4, -0.2) is 37.5 Å². The quantitative estimate of drug-likeness (QED) is 0.900. The van der Waals surface area contributed by atoms with E-state index in [-0.39, 0.29) is 11.7 Å². The van der Waals surface area contributed by atoms with Crippen molar-refractivity contribution in [1.29, 1.82) is 0 Å². The summed E-state index contributed by atoms with van der Waals surface area (Å²) in [6, 6.07) is 6.29. The van der Waals surface area contributed by atoms with E-state index in [1.54, 1.807) is 12.1 Å². The molecule has 0 saturated carbocycles.